The van der Waals surface area contributed by atoms with Gasteiger partial charge in [-0.25, -0.2) is 0 Å². The number of benzene rings is 2. The predicted octanol–water partition coefficient (Wildman–Crippen LogP) is 5.10. The highest BCUT2D eigenvalue weighted by Gasteiger charge is 2.20. The van der Waals surface area contributed by atoms with Crippen molar-refractivity contribution < 1.29 is 4.79 Å². The fourth-order valence-corrected chi connectivity index (χ4v) is 3.61. The molecule has 4 heteroatoms. The van der Waals surface area contributed by atoms with Crippen LogP contribution in [0.3, 0.4) is 0 Å². The molecule has 3 rings (SSSR count). The van der Waals surface area contributed by atoms with E-state index in [2.05, 4.69) is 65.9 Å². The molecule has 1 heterocycles. The highest BCUT2D eigenvalue weighted by Crippen LogP contribution is 2.22. The summed E-state index contributed by atoms with van der Waals surface area (Å²) in [6.07, 6.45) is 3.57. The number of rotatable bonds is 4. The fourth-order valence-electron chi connectivity index (χ4n) is 3.34. The molecule has 1 aliphatic heterocycles. The predicted molar refractivity (Wildman–Crippen MR) is 120 cm³/mol. The molecule has 0 aromatic heterocycles. The topological polar surface area (TPSA) is 23.6 Å². The molecule has 1 saturated heterocycles. The smallest absolute Gasteiger partial charge is 0.246 e. The first-order valence-electron chi connectivity index (χ1n) is 9.85. The van der Waals surface area contributed by atoms with E-state index >= 15 is 0 Å². The lowest BCUT2D eigenvalue weighted by Gasteiger charge is -2.34. The van der Waals surface area contributed by atoms with Gasteiger partial charge in [0.1, 0.15) is 0 Å². The van der Waals surface area contributed by atoms with Crippen molar-refractivity contribution in [2.45, 2.75) is 32.7 Å². The first kappa shape index (κ1) is 20.8. The molecule has 0 spiro atoms. The average Bonchev–Trinajstić information content (AvgIpc) is 2.67. The van der Waals surface area contributed by atoms with Gasteiger partial charge < -0.3 is 4.90 Å². The van der Waals surface area contributed by atoms with Crippen LogP contribution < -0.4 is 0 Å². The third-order valence-electron chi connectivity index (χ3n) is 5.20. The van der Waals surface area contributed by atoms with E-state index in [1.54, 1.807) is 6.08 Å². The Morgan fingerprint density at radius 2 is 1.57 bits per heavy atom. The van der Waals surface area contributed by atoms with Crippen LogP contribution >= 0.6 is 15.9 Å². The van der Waals surface area contributed by atoms with Crippen LogP contribution in [0.1, 0.15) is 37.5 Å². The molecule has 148 valence electrons. The second-order valence-corrected chi connectivity index (χ2v) is 9.35. The minimum Gasteiger partial charge on any atom is -0.337 e. The van der Waals surface area contributed by atoms with Crippen molar-refractivity contribution in [3.8, 4) is 0 Å². The van der Waals surface area contributed by atoms with E-state index in [0.717, 1.165) is 42.8 Å². The van der Waals surface area contributed by atoms with Crippen molar-refractivity contribution in [1.29, 1.82) is 0 Å². The Hall–Kier alpha value is -1.91. The van der Waals surface area contributed by atoms with Crippen molar-refractivity contribution in [1.82, 2.24) is 9.80 Å². The van der Waals surface area contributed by atoms with Crippen molar-refractivity contribution in [2.75, 3.05) is 26.2 Å². The second-order valence-electron chi connectivity index (χ2n) is 8.43. The maximum absolute atomic E-state index is 12.4. The van der Waals surface area contributed by atoms with Crippen LogP contribution in [0.4, 0.5) is 0 Å². The standard InChI is InChI=1S/C24H29BrN2O/c1-24(2,3)21-9-4-20(5-10-21)18-26-14-16-27(17-15-26)23(28)13-8-19-6-11-22(25)12-7-19/h4-13H,14-18H2,1-3H3/b13-8+. The molecule has 1 aliphatic rings. The Morgan fingerprint density at radius 3 is 2.14 bits per heavy atom. The van der Waals surface area contributed by atoms with Gasteiger partial charge in [0.25, 0.3) is 0 Å². The van der Waals surface area contributed by atoms with Gasteiger partial charge in [0.15, 0.2) is 0 Å². The molecule has 0 atom stereocenters. The highest BCUT2D eigenvalue weighted by atomic mass is 79.9. The van der Waals surface area contributed by atoms with Crippen molar-refractivity contribution >= 4 is 27.9 Å². The van der Waals surface area contributed by atoms with E-state index < -0.39 is 0 Å². The van der Waals surface area contributed by atoms with Gasteiger partial charge in [0.05, 0.1) is 0 Å². The Kier molecular flexibility index (Phi) is 6.73. The summed E-state index contributed by atoms with van der Waals surface area (Å²) in [5.41, 5.74) is 3.93. The van der Waals surface area contributed by atoms with E-state index in [0.29, 0.717) is 0 Å². The van der Waals surface area contributed by atoms with E-state index in [-0.39, 0.29) is 11.3 Å². The summed E-state index contributed by atoms with van der Waals surface area (Å²) < 4.78 is 1.04. The summed E-state index contributed by atoms with van der Waals surface area (Å²) in [5, 5.41) is 0. The van der Waals surface area contributed by atoms with Crippen LogP contribution in [-0.2, 0) is 16.8 Å². The third kappa shape index (κ3) is 5.79. The van der Waals surface area contributed by atoms with Crippen molar-refractivity contribution in [2.24, 2.45) is 0 Å². The van der Waals surface area contributed by atoms with Crippen molar-refractivity contribution in [3.05, 3.63) is 75.8 Å². The van der Waals surface area contributed by atoms with Crippen LogP contribution in [0.25, 0.3) is 6.08 Å². The molecule has 0 unspecified atom stereocenters. The summed E-state index contributed by atoms with van der Waals surface area (Å²) in [7, 11) is 0. The number of carbonyl (C=O) groups excluding carboxylic acids is 1. The van der Waals surface area contributed by atoms with E-state index in [1.165, 1.54) is 11.1 Å². The minimum atomic E-state index is 0.0945. The summed E-state index contributed by atoms with van der Waals surface area (Å²) >= 11 is 3.43. The lowest BCUT2D eigenvalue weighted by molar-refractivity contribution is -0.127. The summed E-state index contributed by atoms with van der Waals surface area (Å²) in [6, 6.07) is 16.9. The third-order valence-corrected chi connectivity index (χ3v) is 5.73. The highest BCUT2D eigenvalue weighted by molar-refractivity contribution is 9.10. The Bertz CT molecular complexity index is 811. The van der Waals surface area contributed by atoms with Gasteiger partial charge >= 0.3 is 0 Å². The maximum Gasteiger partial charge on any atom is 0.246 e. The molecule has 1 amide bonds. The summed E-state index contributed by atoms with van der Waals surface area (Å²) in [5.74, 6) is 0.0945. The van der Waals surface area contributed by atoms with Crippen LogP contribution in [0, 0.1) is 0 Å². The molecule has 2 aromatic rings. The van der Waals surface area contributed by atoms with Gasteiger partial charge in [-0.1, -0.05) is 73.1 Å². The number of hydrogen-bond acceptors (Lipinski definition) is 2. The molecular formula is C24H29BrN2O. The zero-order chi connectivity index (χ0) is 20.1. The van der Waals surface area contributed by atoms with Gasteiger partial charge in [-0.15, -0.1) is 0 Å². The molecule has 28 heavy (non-hydrogen) atoms. The number of amides is 1. The normalized spacial score (nSPS) is 15.9. The number of piperazine rings is 1. The minimum absolute atomic E-state index is 0.0945. The second kappa shape index (κ2) is 9.06. The van der Waals surface area contributed by atoms with Gasteiger partial charge in [-0.2, -0.15) is 0 Å². The molecule has 0 N–H and O–H groups in total. The zero-order valence-corrected chi connectivity index (χ0v) is 18.6. The molecule has 0 saturated carbocycles. The number of nitrogens with zero attached hydrogens (tertiary/aromatic N) is 2. The molecule has 2 aromatic carbocycles. The fraction of sp³-hybridized carbons (Fsp3) is 0.375. The molecule has 1 fully saturated rings. The largest absolute Gasteiger partial charge is 0.337 e. The Labute approximate surface area is 177 Å². The lowest BCUT2D eigenvalue weighted by Crippen LogP contribution is -2.47. The van der Waals surface area contributed by atoms with Gasteiger partial charge in [-0.05, 0) is 40.3 Å². The quantitative estimate of drug-likeness (QED) is 0.616. The summed E-state index contributed by atoms with van der Waals surface area (Å²) in [4.78, 5) is 16.8. The lowest BCUT2D eigenvalue weighted by atomic mass is 9.87. The first-order valence-corrected chi connectivity index (χ1v) is 10.6. The van der Waals surface area contributed by atoms with Gasteiger partial charge in [0, 0.05) is 43.3 Å². The SMILES string of the molecule is CC(C)(C)c1ccc(CN2CCN(C(=O)/C=C/c3ccc(Br)cc3)CC2)cc1. The monoisotopic (exact) mass is 440 g/mol. The average molecular weight is 441 g/mol. The molecule has 0 bridgehead atoms. The zero-order valence-electron chi connectivity index (χ0n) is 17.0. The van der Waals surface area contributed by atoms with Crippen LogP contribution in [0.2, 0.25) is 0 Å². The number of hydrogen-bond donors (Lipinski definition) is 0. The van der Waals surface area contributed by atoms with E-state index in [9.17, 15) is 4.79 Å². The van der Waals surface area contributed by atoms with Gasteiger partial charge in [-0.3, -0.25) is 9.69 Å². The van der Waals surface area contributed by atoms with Crippen LogP contribution in [0.5, 0.6) is 0 Å². The van der Waals surface area contributed by atoms with Crippen LogP contribution in [0.15, 0.2) is 59.1 Å². The van der Waals surface area contributed by atoms with Gasteiger partial charge in [0.2, 0.25) is 5.91 Å². The molecule has 0 radical (unpaired) electrons. The number of halogens is 1. The number of carbonyl (C=O) groups is 1. The van der Waals surface area contributed by atoms with Crippen molar-refractivity contribution in [3.63, 3.8) is 0 Å². The molecular weight excluding hydrogens is 412 g/mol. The van der Waals surface area contributed by atoms with Crippen LogP contribution in [-0.4, -0.2) is 41.9 Å². The maximum atomic E-state index is 12.4. The Morgan fingerprint density at radius 1 is 0.964 bits per heavy atom. The summed E-state index contributed by atoms with van der Waals surface area (Å²) in [6.45, 7) is 11.1. The molecule has 0 aliphatic carbocycles. The molecule has 3 nitrogen and oxygen atoms in total. The van der Waals surface area contributed by atoms with E-state index in [4.69, 9.17) is 0 Å². The first-order chi connectivity index (χ1) is 13.3. The van der Waals surface area contributed by atoms with E-state index in [1.807, 2.05) is 35.2 Å². The Balaban J connectivity index is 1.48.